The Labute approximate surface area is 184 Å². The average molecular weight is 449 g/mol. The van der Waals surface area contributed by atoms with Crippen LogP contribution in [0.4, 0.5) is 0 Å². The molecular weight excluding hydrogens is 420 g/mol. The Bertz CT molecular complexity index is 1020. The molecule has 0 saturated carbocycles. The first-order valence-corrected chi connectivity index (χ1v) is 11.3. The standard InChI is InChI=1S/C20H26N4O3S.CH2O2/c1-4-16-22-24-17(25)8-14(21-20(24)28-16)10-23-9-13-7-6-12(3)18(15(13)11-23)19(26)27-5-2;2-1-3/h6-8,12-13,15,18H,4-5,9-11H2,1-3H3;1H,(H,2,3)/t12-,13-,15-,18-;/m0./s1. The van der Waals surface area contributed by atoms with E-state index in [9.17, 15) is 9.59 Å². The summed E-state index contributed by atoms with van der Waals surface area (Å²) in [7, 11) is 0. The van der Waals surface area contributed by atoms with Crippen molar-refractivity contribution in [3.63, 3.8) is 0 Å². The molecule has 2 aromatic rings. The van der Waals surface area contributed by atoms with Crippen LogP contribution in [0.25, 0.3) is 4.96 Å². The molecule has 1 fully saturated rings. The summed E-state index contributed by atoms with van der Waals surface area (Å²) in [5.41, 5.74) is 0.630. The number of carbonyl (C=O) groups is 2. The number of carbonyl (C=O) groups excluding carboxylic acids is 1. The highest BCUT2D eigenvalue weighted by molar-refractivity contribution is 7.16. The van der Waals surface area contributed by atoms with Gasteiger partial charge in [0.25, 0.3) is 12.0 Å². The molecule has 1 aliphatic heterocycles. The molecule has 2 aliphatic rings. The van der Waals surface area contributed by atoms with Crippen LogP contribution in [-0.2, 0) is 27.3 Å². The molecule has 1 saturated heterocycles. The Morgan fingerprint density at radius 2 is 2.10 bits per heavy atom. The molecule has 1 N–H and O–H groups in total. The zero-order valence-electron chi connectivity index (χ0n) is 17.9. The van der Waals surface area contributed by atoms with Crippen molar-refractivity contribution in [1.82, 2.24) is 19.5 Å². The second-order valence-corrected chi connectivity index (χ2v) is 8.82. The smallest absolute Gasteiger partial charge is 0.309 e. The quantitative estimate of drug-likeness (QED) is 0.419. The zero-order chi connectivity index (χ0) is 22.5. The molecule has 0 unspecified atom stereocenters. The van der Waals surface area contributed by atoms with Gasteiger partial charge in [-0.05, 0) is 31.1 Å². The summed E-state index contributed by atoms with van der Waals surface area (Å²) in [6, 6.07) is 1.58. The van der Waals surface area contributed by atoms with Crippen LogP contribution in [0.1, 0.15) is 31.5 Å². The lowest BCUT2D eigenvalue weighted by molar-refractivity contribution is -0.152. The zero-order valence-corrected chi connectivity index (χ0v) is 18.7. The number of rotatable bonds is 5. The van der Waals surface area contributed by atoms with Gasteiger partial charge in [-0.3, -0.25) is 19.3 Å². The van der Waals surface area contributed by atoms with Gasteiger partial charge >= 0.3 is 5.97 Å². The van der Waals surface area contributed by atoms with Gasteiger partial charge in [0.05, 0.1) is 18.2 Å². The van der Waals surface area contributed by atoms with E-state index in [-0.39, 0.29) is 35.8 Å². The van der Waals surface area contributed by atoms with Gasteiger partial charge in [0.1, 0.15) is 5.01 Å². The molecular formula is C21H28N4O5S. The van der Waals surface area contributed by atoms with Crippen LogP contribution in [0.3, 0.4) is 0 Å². The predicted molar refractivity (Wildman–Crippen MR) is 116 cm³/mol. The molecule has 0 bridgehead atoms. The summed E-state index contributed by atoms with van der Waals surface area (Å²) in [6.45, 7) is 8.40. The number of fused-ring (bicyclic) bond motifs is 2. The molecule has 0 amide bonds. The normalized spacial score (nSPS) is 25.0. The van der Waals surface area contributed by atoms with E-state index in [2.05, 4.69) is 34.1 Å². The van der Waals surface area contributed by atoms with Crippen LogP contribution in [0.5, 0.6) is 0 Å². The molecule has 0 radical (unpaired) electrons. The lowest BCUT2D eigenvalue weighted by Gasteiger charge is -2.32. The van der Waals surface area contributed by atoms with Crippen molar-refractivity contribution < 1.29 is 19.4 Å². The van der Waals surface area contributed by atoms with Gasteiger partial charge in [-0.15, -0.1) is 0 Å². The minimum Gasteiger partial charge on any atom is -0.483 e. The SMILES string of the molecule is CCOC(=O)[C@@H]1[C@H]2CN(Cc3cc(=O)n4nc(CC)sc4n3)C[C@@H]2C=C[C@@H]1C.O=CO. The van der Waals surface area contributed by atoms with Crippen molar-refractivity contribution in [3.8, 4) is 0 Å². The summed E-state index contributed by atoms with van der Waals surface area (Å²) in [5.74, 6) is 0.578. The number of carboxylic acid groups (broad SMARTS) is 1. The second kappa shape index (κ2) is 10.1. The largest absolute Gasteiger partial charge is 0.483 e. The van der Waals surface area contributed by atoms with Crippen molar-refractivity contribution in [2.45, 2.75) is 33.7 Å². The second-order valence-electron chi connectivity index (χ2n) is 7.78. The van der Waals surface area contributed by atoms with E-state index in [1.54, 1.807) is 6.07 Å². The van der Waals surface area contributed by atoms with Gasteiger partial charge in [-0.25, -0.2) is 4.98 Å². The summed E-state index contributed by atoms with van der Waals surface area (Å²) in [5, 5.41) is 12.1. The van der Waals surface area contributed by atoms with E-state index < -0.39 is 0 Å². The molecule has 0 spiro atoms. The molecule has 1 aliphatic carbocycles. The van der Waals surface area contributed by atoms with Crippen LogP contribution < -0.4 is 5.56 Å². The van der Waals surface area contributed by atoms with Crippen LogP contribution in [0, 0.1) is 23.7 Å². The van der Waals surface area contributed by atoms with Crippen LogP contribution in [-0.4, -0.2) is 56.7 Å². The summed E-state index contributed by atoms with van der Waals surface area (Å²) in [6.07, 6.45) is 5.18. The van der Waals surface area contributed by atoms with E-state index in [4.69, 9.17) is 14.6 Å². The number of aromatic nitrogens is 3. The van der Waals surface area contributed by atoms with Gasteiger partial charge < -0.3 is 9.84 Å². The minimum atomic E-state index is -0.250. The highest BCUT2D eigenvalue weighted by Crippen LogP contribution is 2.40. The molecule has 0 aromatic carbocycles. The van der Waals surface area contributed by atoms with Crippen molar-refractivity contribution in [2.24, 2.45) is 23.7 Å². The van der Waals surface area contributed by atoms with Crippen molar-refractivity contribution in [1.29, 1.82) is 0 Å². The molecule has 3 heterocycles. The molecule has 4 atom stereocenters. The van der Waals surface area contributed by atoms with E-state index in [1.165, 1.54) is 15.9 Å². The highest BCUT2D eigenvalue weighted by atomic mass is 32.1. The monoisotopic (exact) mass is 448 g/mol. The summed E-state index contributed by atoms with van der Waals surface area (Å²) < 4.78 is 6.72. The first-order chi connectivity index (χ1) is 14.9. The third-order valence-corrected chi connectivity index (χ3v) is 6.82. The number of hydrogen-bond acceptors (Lipinski definition) is 8. The third-order valence-electron chi connectivity index (χ3n) is 5.76. The number of esters is 1. The molecule has 4 rings (SSSR count). The Hall–Kier alpha value is -2.59. The summed E-state index contributed by atoms with van der Waals surface area (Å²) in [4.78, 5) is 40.8. The number of hydrogen-bond donors (Lipinski definition) is 1. The topological polar surface area (TPSA) is 114 Å². The number of ether oxygens (including phenoxy) is 1. The Morgan fingerprint density at radius 3 is 2.77 bits per heavy atom. The Kier molecular flexibility index (Phi) is 7.55. The minimum absolute atomic E-state index is 0.0919. The van der Waals surface area contributed by atoms with E-state index in [0.29, 0.717) is 24.0 Å². The van der Waals surface area contributed by atoms with E-state index in [1.807, 2.05) is 13.8 Å². The number of nitrogens with zero attached hydrogens (tertiary/aromatic N) is 4. The Balaban J connectivity index is 0.000000858. The number of allylic oxidation sites excluding steroid dienone is 1. The highest BCUT2D eigenvalue weighted by Gasteiger charge is 2.44. The molecule has 2 aromatic heterocycles. The lowest BCUT2D eigenvalue weighted by Crippen LogP contribution is -2.37. The number of likely N-dealkylation sites (tertiary alicyclic amines) is 1. The van der Waals surface area contributed by atoms with Crippen LogP contribution in [0.15, 0.2) is 23.0 Å². The lowest BCUT2D eigenvalue weighted by atomic mass is 9.72. The predicted octanol–water partition coefficient (Wildman–Crippen LogP) is 1.85. The molecule has 31 heavy (non-hydrogen) atoms. The third kappa shape index (κ3) is 5.01. The fourth-order valence-corrected chi connectivity index (χ4v) is 5.32. The molecule has 168 valence electrons. The van der Waals surface area contributed by atoms with Crippen LogP contribution >= 0.6 is 11.3 Å². The first-order valence-electron chi connectivity index (χ1n) is 10.5. The van der Waals surface area contributed by atoms with Gasteiger partial charge in [0, 0.05) is 25.7 Å². The molecule has 9 nitrogen and oxygen atoms in total. The van der Waals surface area contributed by atoms with Crippen molar-refractivity contribution >= 4 is 28.7 Å². The fraction of sp³-hybridized carbons (Fsp3) is 0.571. The van der Waals surface area contributed by atoms with Crippen molar-refractivity contribution in [2.75, 3.05) is 19.7 Å². The number of aryl methyl sites for hydroxylation is 1. The van der Waals surface area contributed by atoms with Gasteiger partial charge in [-0.1, -0.05) is 37.3 Å². The Morgan fingerprint density at radius 1 is 1.35 bits per heavy atom. The maximum absolute atomic E-state index is 12.5. The van der Waals surface area contributed by atoms with Gasteiger partial charge in [-0.2, -0.15) is 9.61 Å². The average Bonchev–Trinajstić information content (AvgIpc) is 3.32. The van der Waals surface area contributed by atoms with E-state index in [0.717, 1.165) is 30.2 Å². The first kappa shape index (κ1) is 23.1. The maximum Gasteiger partial charge on any atom is 0.309 e. The maximum atomic E-state index is 12.5. The van der Waals surface area contributed by atoms with Crippen molar-refractivity contribution in [3.05, 3.63) is 39.3 Å². The van der Waals surface area contributed by atoms with Gasteiger partial charge in [0.15, 0.2) is 0 Å². The van der Waals surface area contributed by atoms with E-state index >= 15 is 0 Å². The van der Waals surface area contributed by atoms with Crippen LogP contribution in [0.2, 0.25) is 0 Å². The van der Waals surface area contributed by atoms with Gasteiger partial charge in [0.2, 0.25) is 4.96 Å². The fourth-order valence-electron chi connectivity index (χ4n) is 4.46. The summed E-state index contributed by atoms with van der Waals surface area (Å²) >= 11 is 1.46. The molecule has 10 heteroatoms.